The molecule has 0 bridgehead atoms. The molecule has 0 N–H and O–H groups in total. The summed E-state index contributed by atoms with van der Waals surface area (Å²) in [5.74, 6) is -0.712. The fourth-order valence-corrected chi connectivity index (χ4v) is 2.56. The zero-order valence-electron chi connectivity index (χ0n) is 12.8. The summed E-state index contributed by atoms with van der Waals surface area (Å²) >= 11 is 0. The highest BCUT2D eigenvalue weighted by Gasteiger charge is 2.23. The molecular weight excluding hydrogens is 288 g/mol. The van der Waals surface area contributed by atoms with Gasteiger partial charge in [-0.05, 0) is 31.4 Å². The van der Waals surface area contributed by atoms with Crippen LogP contribution in [0.5, 0.6) is 0 Å². The van der Waals surface area contributed by atoms with Gasteiger partial charge in [-0.25, -0.2) is 4.79 Å². The first kappa shape index (κ1) is 16.2. The molecule has 120 valence electrons. The average Bonchev–Trinajstić information content (AvgIpc) is 2.54. The summed E-state index contributed by atoms with van der Waals surface area (Å²) in [5.41, 5.74) is 0.430. The van der Waals surface area contributed by atoms with Crippen LogP contribution in [0.15, 0.2) is 18.2 Å². The number of anilines is 1. The summed E-state index contributed by atoms with van der Waals surface area (Å²) in [6, 6.07) is 4.46. The molecule has 0 saturated carbocycles. The Labute approximate surface area is 129 Å². The van der Waals surface area contributed by atoms with Crippen molar-refractivity contribution in [3.63, 3.8) is 0 Å². The monoisotopic (exact) mass is 308 g/mol. The number of benzene rings is 1. The van der Waals surface area contributed by atoms with Crippen LogP contribution in [0.3, 0.4) is 0 Å². The van der Waals surface area contributed by atoms with E-state index in [1.807, 2.05) is 11.9 Å². The van der Waals surface area contributed by atoms with Crippen LogP contribution in [0.4, 0.5) is 11.4 Å². The molecule has 0 aromatic heterocycles. The van der Waals surface area contributed by atoms with Crippen LogP contribution < -0.4 is 4.90 Å². The summed E-state index contributed by atoms with van der Waals surface area (Å²) in [4.78, 5) is 24.1. The quantitative estimate of drug-likeness (QED) is 0.472. The third-order valence-electron chi connectivity index (χ3n) is 3.77. The van der Waals surface area contributed by atoms with Gasteiger partial charge in [0.15, 0.2) is 0 Å². The molecule has 0 spiro atoms. The maximum absolute atomic E-state index is 11.7. The predicted octanol–water partition coefficient (Wildman–Crippen LogP) is 2.39. The van der Waals surface area contributed by atoms with Crippen LogP contribution in [-0.4, -0.2) is 44.3 Å². The number of methoxy groups -OCH3 is 1. The van der Waals surface area contributed by atoms with E-state index in [1.165, 1.54) is 19.2 Å². The zero-order chi connectivity index (χ0) is 16.1. The third-order valence-corrected chi connectivity index (χ3v) is 3.77. The number of carbonyl (C=O) groups excluding carboxylic acids is 1. The van der Waals surface area contributed by atoms with Crippen LogP contribution in [-0.2, 0) is 9.47 Å². The minimum absolute atomic E-state index is 0.0404. The molecule has 1 saturated heterocycles. The van der Waals surface area contributed by atoms with E-state index in [9.17, 15) is 14.9 Å². The van der Waals surface area contributed by atoms with Crippen molar-refractivity contribution in [2.24, 2.45) is 0 Å². The fourth-order valence-electron chi connectivity index (χ4n) is 2.56. The topological polar surface area (TPSA) is 81.9 Å². The van der Waals surface area contributed by atoms with E-state index in [4.69, 9.17) is 4.74 Å². The number of nitro benzene ring substituents is 1. The second-order valence-electron chi connectivity index (χ2n) is 5.32. The van der Waals surface area contributed by atoms with E-state index < -0.39 is 10.9 Å². The molecule has 1 aliphatic rings. The average molecular weight is 308 g/mol. The molecule has 7 nitrogen and oxygen atoms in total. The lowest BCUT2D eigenvalue weighted by atomic mass is 10.1. The van der Waals surface area contributed by atoms with Crippen LogP contribution in [0.25, 0.3) is 0 Å². The molecule has 1 heterocycles. The highest BCUT2D eigenvalue weighted by molar-refractivity contribution is 5.95. The Balaban J connectivity index is 2.19. The number of rotatable bonds is 5. The first-order valence-electron chi connectivity index (χ1n) is 7.22. The van der Waals surface area contributed by atoms with E-state index in [1.54, 1.807) is 6.07 Å². The van der Waals surface area contributed by atoms with Gasteiger partial charge in [0.2, 0.25) is 0 Å². The Kier molecular flexibility index (Phi) is 5.32. The van der Waals surface area contributed by atoms with Crippen molar-refractivity contribution in [3.8, 4) is 0 Å². The molecule has 1 fully saturated rings. The van der Waals surface area contributed by atoms with Crippen LogP contribution in [0.2, 0.25) is 0 Å². The van der Waals surface area contributed by atoms with Gasteiger partial charge >= 0.3 is 5.97 Å². The zero-order valence-corrected chi connectivity index (χ0v) is 12.8. The highest BCUT2D eigenvalue weighted by Crippen LogP contribution is 2.26. The lowest BCUT2D eigenvalue weighted by Gasteiger charge is -2.28. The van der Waals surface area contributed by atoms with Crippen molar-refractivity contribution in [3.05, 3.63) is 33.9 Å². The fraction of sp³-hybridized carbons (Fsp3) is 0.533. The summed E-state index contributed by atoms with van der Waals surface area (Å²) in [5, 5.41) is 11.0. The van der Waals surface area contributed by atoms with Crippen molar-refractivity contribution >= 4 is 17.3 Å². The van der Waals surface area contributed by atoms with Crippen LogP contribution in [0, 0.1) is 10.1 Å². The van der Waals surface area contributed by atoms with E-state index in [0.717, 1.165) is 31.6 Å². The predicted molar refractivity (Wildman–Crippen MR) is 81.3 cm³/mol. The third kappa shape index (κ3) is 3.73. The molecule has 1 aromatic carbocycles. The molecule has 0 aliphatic carbocycles. The van der Waals surface area contributed by atoms with Crippen molar-refractivity contribution < 1.29 is 19.2 Å². The number of likely N-dealkylation sites (N-methyl/N-ethyl adjacent to an activating group) is 1. The maximum Gasteiger partial charge on any atom is 0.344 e. The largest absolute Gasteiger partial charge is 0.465 e. The molecule has 1 aromatic rings. The Bertz CT molecular complexity index is 555. The standard InChI is InChI=1S/C15H20N2O5/c1-16(10-12-5-3-4-8-22-12)11-6-7-14(17(19)20)13(9-11)15(18)21-2/h6-7,9,12H,3-5,8,10H2,1-2H3. The van der Waals surface area contributed by atoms with E-state index >= 15 is 0 Å². The smallest absolute Gasteiger partial charge is 0.344 e. The van der Waals surface area contributed by atoms with Gasteiger partial charge in [0.05, 0.1) is 18.1 Å². The number of carbonyl (C=O) groups is 1. The van der Waals surface area contributed by atoms with Gasteiger partial charge in [0, 0.05) is 32.0 Å². The number of hydrogen-bond donors (Lipinski definition) is 0. The SMILES string of the molecule is COC(=O)c1cc(N(C)CC2CCCCO2)ccc1[N+](=O)[O-]. The second-order valence-corrected chi connectivity index (χ2v) is 5.32. The van der Waals surface area contributed by atoms with Crippen molar-refractivity contribution in [2.45, 2.75) is 25.4 Å². The number of esters is 1. The van der Waals surface area contributed by atoms with Gasteiger partial charge in [-0.3, -0.25) is 10.1 Å². The van der Waals surface area contributed by atoms with Crippen molar-refractivity contribution in [1.82, 2.24) is 0 Å². The van der Waals surface area contributed by atoms with Crippen molar-refractivity contribution in [2.75, 3.05) is 32.2 Å². The Morgan fingerprint density at radius 2 is 2.27 bits per heavy atom. The normalized spacial score (nSPS) is 17.8. The van der Waals surface area contributed by atoms with E-state index in [0.29, 0.717) is 6.54 Å². The number of hydrogen-bond acceptors (Lipinski definition) is 6. The molecule has 2 rings (SSSR count). The number of nitrogens with zero attached hydrogens (tertiary/aromatic N) is 2. The van der Waals surface area contributed by atoms with Gasteiger partial charge in [-0.1, -0.05) is 0 Å². The molecule has 1 aliphatic heterocycles. The lowest BCUT2D eigenvalue weighted by Crippen LogP contribution is -2.33. The highest BCUT2D eigenvalue weighted by atomic mass is 16.6. The Hall–Kier alpha value is -2.15. The van der Waals surface area contributed by atoms with E-state index in [-0.39, 0.29) is 17.4 Å². The summed E-state index contributed by atoms with van der Waals surface area (Å²) in [7, 11) is 3.08. The van der Waals surface area contributed by atoms with Crippen LogP contribution in [0.1, 0.15) is 29.6 Å². The molecule has 1 unspecified atom stereocenters. The van der Waals surface area contributed by atoms with Gasteiger partial charge in [-0.15, -0.1) is 0 Å². The summed E-state index contributed by atoms with van der Waals surface area (Å²) in [6.07, 6.45) is 3.38. The van der Waals surface area contributed by atoms with Gasteiger partial charge < -0.3 is 14.4 Å². The van der Waals surface area contributed by atoms with Crippen LogP contribution >= 0.6 is 0 Å². The number of ether oxygens (including phenoxy) is 2. The molecule has 22 heavy (non-hydrogen) atoms. The second kappa shape index (κ2) is 7.22. The molecule has 7 heteroatoms. The summed E-state index contributed by atoms with van der Waals surface area (Å²) in [6.45, 7) is 1.45. The maximum atomic E-state index is 11.7. The first-order valence-corrected chi connectivity index (χ1v) is 7.22. The lowest BCUT2D eigenvalue weighted by molar-refractivity contribution is -0.385. The minimum atomic E-state index is -0.712. The van der Waals surface area contributed by atoms with Crippen molar-refractivity contribution in [1.29, 1.82) is 0 Å². The first-order chi connectivity index (χ1) is 10.5. The molecular formula is C15H20N2O5. The Morgan fingerprint density at radius 3 is 2.86 bits per heavy atom. The van der Waals surface area contributed by atoms with Gasteiger partial charge in [-0.2, -0.15) is 0 Å². The Morgan fingerprint density at radius 1 is 1.50 bits per heavy atom. The summed E-state index contributed by atoms with van der Waals surface area (Å²) < 4.78 is 10.3. The number of nitro groups is 1. The molecule has 0 radical (unpaired) electrons. The minimum Gasteiger partial charge on any atom is -0.465 e. The molecule has 1 atom stereocenters. The molecule has 0 amide bonds. The van der Waals surface area contributed by atoms with Gasteiger partial charge in [0.25, 0.3) is 5.69 Å². The van der Waals surface area contributed by atoms with Gasteiger partial charge in [0.1, 0.15) is 5.56 Å². The van der Waals surface area contributed by atoms with E-state index in [2.05, 4.69) is 4.74 Å².